The first-order valence-electron chi connectivity index (χ1n) is 6.70. The maximum Gasteiger partial charge on any atom is 0.268 e. The molecule has 0 bridgehead atoms. The average molecular weight is 301 g/mol. The Bertz CT molecular complexity index is 574. The van der Waals surface area contributed by atoms with E-state index in [1.54, 1.807) is 7.05 Å². The normalized spacial score (nSPS) is 13.5. The Morgan fingerprint density at radius 2 is 1.95 bits per heavy atom. The van der Waals surface area contributed by atoms with Crippen LogP contribution in [0.5, 0.6) is 0 Å². The number of hydrogen-bond acceptors (Lipinski definition) is 3. The van der Waals surface area contributed by atoms with Gasteiger partial charge in [-0.3, -0.25) is 4.79 Å². The first kappa shape index (κ1) is 16.7. The lowest BCUT2D eigenvalue weighted by molar-refractivity contribution is 0.0917. The van der Waals surface area contributed by atoms with Gasteiger partial charge in [-0.05, 0) is 18.9 Å². The van der Waals surface area contributed by atoms with Crippen LogP contribution in [0.25, 0.3) is 0 Å². The fourth-order valence-corrected chi connectivity index (χ4v) is 2.89. The zero-order valence-corrected chi connectivity index (χ0v) is 13.2. The molecule has 0 aliphatic heterocycles. The predicted molar refractivity (Wildman–Crippen MR) is 77.8 cm³/mol. The van der Waals surface area contributed by atoms with Crippen LogP contribution in [0.4, 0.5) is 0 Å². The Kier molecular flexibility index (Phi) is 5.35. The molecule has 1 atom stereocenters. The predicted octanol–water partition coefficient (Wildman–Crippen LogP) is 1.23. The largest absolute Gasteiger partial charge is 0.348 e. The summed E-state index contributed by atoms with van der Waals surface area (Å²) in [5.74, 6) is 0.110. The van der Waals surface area contributed by atoms with Crippen LogP contribution in [0.2, 0.25) is 0 Å². The van der Waals surface area contributed by atoms with Gasteiger partial charge in [0, 0.05) is 19.3 Å². The SMILES string of the molecule is CCC(CC)C(C)NC(=O)c1cc(S(N)(=O)=O)cn1C. The topological polar surface area (TPSA) is 94.2 Å². The summed E-state index contributed by atoms with van der Waals surface area (Å²) in [6.45, 7) is 6.12. The third kappa shape index (κ3) is 3.83. The molecule has 7 heteroatoms. The Labute approximate surface area is 120 Å². The maximum absolute atomic E-state index is 12.2. The van der Waals surface area contributed by atoms with E-state index in [9.17, 15) is 13.2 Å². The van der Waals surface area contributed by atoms with Crippen LogP contribution < -0.4 is 10.5 Å². The fraction of sp³-hybridized carbons (Fsp3) is 0.615. The standard InChI is InChI=1S/C13H23N3O3S/c1-5-10(6-2)9(3)15-13(17)12-7-11(8-16(12)4)20(14,18)19/h7-10H,5-6H2,1-4H3,(H,15,17)(H2,14,18,19). The number of nitrogens with one attached hydrogen (secondary N) is 1. The van der Waals surface area contributed by atoms with E-state index >= 15 is 0 Å². The summed E-state index contributed by atoms with van der Waals surface area (Å²) in [7, 11) is -2.18. The summed E-state index contributed by atoms with van der Waals surface area (Å²) in [6.07, 6.45) is 3.30. The molecule has 0 aromatic carbocycles. The summed E-state index contributed by atoms with van der Waals surface area (Å²) in [5.41, 5.74) is 0.284. The summed E-state index contributed by atoms with van der Waals surface area (Å²) < 4.78 is 24.0. The third-order valence-electron chi connectivity index (χ3n) is 3.66. The van der Waals surface area contributed by atoms with Crippen LogP contribution in [0.1, 0.15) is 44.1 Å². The van der Waals surface area contributed by atoms with Gasteiger partial charge in [-0.25, -0.2) is 13.6 Å². The molecule has 0 radical (unpaired) electrons. The number of sulfonamides is 1. The van der Waals surface area contributed by atoms with E-state index in [4.69, 9.17) is 5.14 Å². The van der Waals surface area contributed by atoms with E-state index in [1.165, 1.54) is 16.8 Å². The monoisotopic (exact) mass is 301 g/mol. The number of nitrogens with two attached hydrogens (primary N) is 1. The highest BCUT2D eigenvalue weighted by Gasteiger charge is 2.21. The summed E-state index contributed by atoms with van der Waals surface area (Å²) in [6, 6.07) is 1.33. The molecule has 1 heterocycles. The van der Waals surface area contributed by atoms with Crippen molar-refractivity contribution in [1.82, 2.24) is 9.88 Å². The minimum atomic E-state index is -3.79. The molecule has 6 nitrogen and oxygen atoms in total. The van der Waals surface area contributed by atoms with Crippen LogP contribution in [-0.4, -0.2) is 24.9 Å². The molecular formula is C13H23N3O3S. The van der Waals surface area contributed by atoms with E-state index in [0.717, 1.165) is 12.8 Å². The zero-order valence-electron chi connectivity index (χ0n) is 12.4. The molecule has 0 spiro atoms. The Morgan fingerprint density at radius 1 is 1.40 bits per heavy atom. The molecule has 114 valence electrons. The van der Waals surface area contributed by atoms with Gasteiger partial charge in [0.1, 0.15) is 10.6 Å². The fourth-order valence-electron chi connectivity index (χ4n) is 2.31. The van der Waals surface area contributed by atoms with Crippen LogP contribution in [0.3, 0.4) is 0 Å². The summed E-state index contributed by atoms with van der Waals surface area (Å²) in [5, 5.41) is 7.97. The highest BCUT2D eigenvalue weighted by Crippen LogP contribution is 2.15. The van der Waals surface area contributed by atoms with Crippen LogP contribution in [0.15, 0.2) is 17.2 Å². The van der Waals surface area contributed by atoms with Crippen LogP contribution in [-0.2, 0) is 17.1 Å². The molecule has 0 saturated heterocycles. The molecular weight excluding hydrogens is 278 g/mol. The molecule has 1 rings (SSSR count). The van der Waals surface area contributed by atoms with E-state index < -0.39 is 10.0 Å². The van der Waals surface area contributed by atoms with Crippen molar-refractivity contribution in [1.29, 1.82) is 0 Å². The van der Waals surface area contributed by atoms with E-state index in [0.29, 0.717) is 5.92 Å². The maximum atomic E-state index is 12.2. The minimum absolute atomic E-state index is 0.0327. The van der Waals surface area contributed by atoms with Gasteiger partial charge in [-0.15, -0.1) is 0 Å². The first-order valence-corrected chi connectivity index (χ1v) is 8.25. The highest BCUT2D eigenvalue weighted by atomic mass is 32.2. The molecule has 0 aliphatic carbocycles. The van der Waals surface area contributed by atoms with Crippen LogP contribution in [0, 0.1) is 5.92 Å². The number of rotatable bonds is 6. The van der Waals surface area contributed by atoms with Gasteiger partial charge >= 0.3 is 0 Å². The molecule has 1 aromatic rings. The lowest BCUT2D eigenvalue weighted by Crippen LogP contribution is -2.38. The second-order valence-electron chi connectivity index (χ2n) is 5.06. The van der Waals surface area contributed by atoms with Crippen molar-refractivity contribution < 1.29 is 13.2 Å². The zero-order chi connectivity index (χ0) is 15.5. The second-order valence-corrected chi connectivity index (χ2v) is 6.62. The minimum Gasteiger partial charge on any atom is -0.348 e. The average Bonchev–Trinajstić information content (AvgIpc) is 2.72. The van der Waals surface area contributed by atoms with Gasteiger partial charge < -0.3 is 9.88 Å². The first-order chi connectivity index (χ1) is 9.20. The number of aryl methyl sites for hydroxylation is 1. The lowest BCUT2D eigenvalue weighted by Gasteiger charge is -2.22. The lowest BCUT2D eigenvalue weighted by atomic mass is 9.95. The molecule has 0 aliphatic rings. The van der Waals surface area contributed by atoms with E-state index in [-0.39, 0.29) is 22.5 Å². The van der Waals surface area contributed by atoms with Crippen molar-refractivity contribution >= 4 is 15.9 Å². The van der Waals surface area contributed by atoms with Crippen molar-refractivity contribution in [3.63, 3.8) is 0 Å². The Balaban J connectivity index is 2.91. The number of primary sulfonamides is 1. The van der Waals surface area contributed by atoms with Gasteiger partial charge in [0.25, 0.3) is 5.91 Å². The van der Waals surface area contributed by atoms with Gasteiger partial charge in [0.05, 0.1) is 0 Å². The van der Waals surface area contributed by atoms with Gasteiger partial charge in [-0.1, -0.05) is 26.7 Å². The number of hydrogen-bond donors (Lipinski definition) is 2. The third-order valence-corrected chi connectivity index (χ3v) is 4.54. The summed E-state index contributed by atoms with van der Waals surface area (Å²) >= 11 is 0. The molecule has 3 N–H and O–H groups in total. The van der Waals surface area contributed by atoms with Gasteiger partial charge in [-0.2, -0.15) is 0 Å². The number of aromatic nitrogens is 1. The van der Waals surface area contributed by atoms with E-state index in [2.05, 4.69) is 19.2 Å². The molecule has 1 unspecified atom stereocenters. The molecule has 1 aromatic heterocycles. The molecule has 20 heavy (non-hydrogen) atoms. The second kappa shape index (κ2) is 6.41. The quantitative estimate of drug-likeness (QED) is 0.827. The number of carbonyl (C=O) groups is 1. The van der Waals surface area contributed by atoms with Crippen molar-refractivity contribution in [2.24, 2.45) is 18.1 Å². The molecule has 0 fully saturated rings. The molecule has 1 amide bonds. The smallest absolute Gasteiger partial charge is 0.268 e. The Morgan fingerprint density at radius 3 is 2.35 bits per heavy atom. The summed E-state index contributed by atoms with van der Waals surface area (Å²) in [4.78, 5) is 12.1. The van der Waals surface area contributed by atoms with Gasteiger partial charge in [0.2, 0.25) is 10.0 Å². The van der Waals surface area contributed by atoms with Crippen molar-refractivity contribution in [2.75, 3.05) is 0 Å². The van der Waals surface area contributed by atoms with Crippen molar-refractivity contribution in [3.8, 4) is 0 Å². The van der Waals surface area contributed by atoms with Crippen molar-refractivity contribution in [2.45, 2.75) is 44.6 Å². The number of amides is 1. The van der Waals surface area contributed by atoms with Crippen molar-refractivity contribution in [3.05, 3.63) is 18.0 Å². The number of nitrogens with zero attached hydrogens (tertiary/aromatic N) is 1. The van der Waals surface area contributed by atoms with E-state index in [1.807, 2.05) is 6.92 Å². The number of carbonyl (C=O) groups excluding carboxylic acids is 1. The van der Waals surface area contributed by atoms with Gasteiger partial charge in [0.15, 0.2) is 0 Å². The molecule has 0 saturated carbocycles. The highest BCUT2D eigenvalue weighted by molar-refractivity contribution is 7.89. The Hall–Kier alpha value is -1.34. The van der Waals surface area contributed by atoms with Crippen LogP contribution >= 0.6 is 0 Å².